The van der Waals surface area contributed by atoms with Crippen molar-refractivity contribution in [3.8, 4) is 0 Å². The molecule has 3 rings (SSSR count). The van der Waals surface area contributed by atoms with Gasteiger partial charge in [-0.25, -0.2) is 0 Å². The van der Waals surface area contributed by atoms with Crippen LogP contribution in [-0.2, 0) is 9.59 Å². The summed E-state index contributed by atoms with van der Waals surface area (Å²) < 4.78 is 0. The molecule has 21 heavy (non-hydrogen) atoms. The molecule has 110 valence electrons. The first-order valence-electron chi connectivity index (χ1n) is 6.64. The molecule has 1 aromatic rings. The molecule has 4 atom stereocenters. The number of fused-ring (bicyclic) bond motifs is 2. The van der Waals surface area contributed by atoms with Crippen molar-refractivity contribution in [1.82, 2.24) is 0 Å². The molecule has 2 aliphatic carbocycles. The minimum Gasteiger partial charge on any atom is -0.481 e. The van der Waals surface area contributed by atoms with Crippen LogP contribution in [0.15, 0.2) is 30.4 Å². The SMILES string of the molecule is O=C(O)C1C2C=CC(C2)C1C(=O)Nc1cc(Cl)ccc1Cl. The van der Waals surface area contributed by atoms with Crippen LogP contribution >= 0.6 is 23.2 Å². The fraction of sp³-hybridized carbons (Fsp3) is 0.333. The van der Waals surface area contributed by atoms with Crippen molar-refractivity contribution in [1.29, 1.82) is 0 Å². The molecule has 6 heteroatoms. The normalized spacial score (nSPS) is 29.6. The minimum atomic E-state index is -0.927. The lowest BCUT2D eigenvalue weighted by Crippen LogP contribution is -2.36. The molecule has 0 heterocycles. The number of amides is 1. The first kappa shape index (κ1) is 14.4. The Hall–Kier alpha value is -1.52. The Morgan fingerprint density at radius 1 is 1.14 bits per heavy atom. The van der Waals surface area contributed by atoms with Gasteiger partial charge in [-0.2, -0.15) is 0 Å². The second-order valence-corrected chi connectivity index (χ2v) is 6.30. The van der Waals surface area contributed by atoms with Crippen molar-refractivity contribution >= 4 is 40.8 Å². The van der Waals surface area contributed by atoms with Gasteiger partial charge in [0.2, 0.25) is 5.91 Å². The van der Waals surface area contributed by atoms with E-state index in [4.69, 9.17) is 23.2 Å². The van der Waals surface area contributed by atoms with E-state index in [2.05, 4.69) is 5.32 Å². The van der Waals surface area contributed by atoms with Crippen molar-refractivity contribution in [3.05, 3.63) is 40.4 Å². The molecule has 0 saturated heterocycles. The predicted octanol–water partition coefficient (Wildman–Crippen LogP) is 3.45. The van der Waals surface area contributed by atoms with E-state index in [0.717, 1.165) is 6.42 Å². The number of allylic oxidation sites excluding steroid dienone is 2. The third-order valence-corrected chi connectivity index (χ3v) is 4.80. The lowest BCUT2D eigenvalue weighted by Gasteiger charge is -2.24. The van der Waals surface area contributed by atoms with Crippen LogP contribution in [0.5, 0.6) is 0 Å². The summed E-state index contributed by atoms with van der Waals surface area (Å²) >= 11 is 11.9. The highest BCUT2D eigenvalue weighted by molar-refractivity contribution is 6.35. The van der Waals surface area contributed by atoms with Gasteiger partial charge in [0.05, 0.1) is 22.5 Å². The Bertz CT molecular complexity index is 644. The summed E-state index contributed by atoms with van der Waals surface area (Å²) in [6.45, 7) is 0. The Morgan fingerprint density at radius 2 is 1.81 bits per heavy atom. The molecule has 4 nitrogen and oxygen atoms in total. The van der Waals surface area contributed by atoms with Gasteiger partial charge >= 0.3 is 5.97 Å². The fourth-order valence-corrected chi connectivity index (χ4v) is 3.66. The van der Waals surface area contributed by atoms with E-state index in [9.17, 15) is 14.7 Å². The molecule has 1 amide bonds. The maximum Gasteiger partial charge on any atom is 0.307 e. The van der Waals surface area contributed by atoms with Gasteiger partial charge in [-0.1, -0.05) is 35.4 Å². The number of rotatable bonds is 3. The predicted molar refractivity (Wildman–Crippen MR) is 80.4 cm³/mol. The van der Waals surface area contributed by atoms with E-state index >= 15 is 0 Å². The summed E-state index contributed by atoms with van der Waals surface area (Å²) in [5.74, 6) is -2.55. The minimum absolute atomic E-state index is 0.0194. The molecule has 0 aliphatic heterocycles. The van der Waals surface area contributed by atoms with Gasteiger partial charge in [-0.05, 0) is 36.5 Å². The first-order chi connectivity index (χ1) is 9.97. The van der Waals surface area contributed by atoms with E-state index in [-0.39, 0.29) is 17.7 Å². The molecule has 2 N–H and O–H groups in total. The Labute approximate surface area is 131 Å². The number of carbonyl (C=O) groups is 2. The molecule has 4 unspecified atom stereocenters. The van der Waals surface area contributed by atoms with Gasteiger partial charge in [0.25, 0.3) is 0 Å². The van der Waals surface area contributed by atoms with Gasteiger partial charge in [-0.3, -0.25) is 9.59 Å². The summed E-state index contributed by atoms with van der Waals surface area (Å²) in [5.41, 5.74) is 0.407. The van der Waals surface area contributed by atoms with Crippen LogP contribution in [0, 0.1) is 23.7 Å². The molecular formula is C15H13Cl2NO3. The van der Waals surface area contributed by atoms with Gasteiger partial charge in [0.15, 0.2) is 0 Å². The maximum atomic E-state index is 12.5. The summed E-state index contributed by atoms with van der Waals surface area (Å²) in [5, 5.41) is 12.9. The molecule has 0 spiro atoms. The number of benzene rings is 1. The first-order valence-corrected chi connectivity index (χ1v) is 7.40. The van der Waals surface area contributed by atoms with Crippen LogP contribution in [-0.4, -0.2) is 17.0 Å². The largest absolute Gasteiger partial charge is 0.481 e. The number of carbonyl (C=O) groups excluding carboxylic acids is 1. The zero-order chi connectivity index (χ0) is 15.1. The number of carboxylic acids is 1. The number of hydrogen-bond acceptors (Lipinski definition) is 2. The second-order valence-electron chi connectivity index (χ2n) is 5.45. The van der Waals surface area contributed by atoms with Crippen molar-refractivity contribution in [2.75, 3.05) is 5.32 Å². The lowest BCUT2D eigenvalue weighted by molar-refractivity contribution is -0.146. The van der Waals surface area contributed by atoms with Gasteiger partial charge in [0, 0.05) is 5.02 Å². The van der Waals surface area contributed by atoms with Crippen molar-refractivity contribution in [2.45, 2.75) is 6.42 Å². The maximum absolute atomic E-state index is 12.5. The second kappa shape index (κ2) is 5.35. The van der Waals surface area contributed by atoms with Crippen molar-refractivity contribution < 1.29 is 14.7 Å². The number of halogens is 2. The molecule has 2 aliphatic rings. The third kappa shape index (κ3) is 2.54. The van der Waals surface area contributed by atoms with Crippen molar-refractivity contribution in [3.63, 3.8) is 0 Å². The summed E-state index contributed by atoms with van der Waals surface area (Å²) in [7, 11) is 0. The Balaban J connectivity index is 1.83. The quantitative estimate of drug-likeness (QED) is 0.836. The van der Waals surface area contributed by atoms with Crippen LogP contribution in [0.2, 0.25) is 10.0 Å². The van der Waals surface area contributed by atoms with Crippen LogP contribution in [0.25, 0.3) is 0 Å². The molecule has 1 aromatic carbocycles. The molecule has 0 aromatic heterocycles. The number of anilines is 1. The van der Waals surface area contributed by atoms with Gasteiger partial charge in [0.1, 0.15) is 0 Å². The summed E-state index contributed by atoms with van der Waals surface area (Å²) in [6, 6.07) is 4.77. The van der Waals surface area contributed by atoms with Crippen LogP contribution in [0.4, 0.5) is 5.69 Å². The molecule has 1 saturated carbocycles. The fourth-order valence-electron chi connectivity index (χ4n) is 3.33. The van der Waals surface area contributed by atoms with Crippen LogP contribution < -0.4 is 5.32 Å². The topological polar surface area (TPSA) is 66.4 Å². The zero-order valence-electron chi connectivity index (χ0n) is 10.9. The van der Waals surface area contributed by atoms with Crippen LogP contribution in [0.1, 0.15) is 6.42 Å². The average molecular weight is 326 g/mol. The number of nitrogens with one attached hydrogen (secondary N) is 1. The highest BCUT2D eigenvalue weighted by atomic mass is 35.5. The molecular weight excluding hydrogens is 313 g/mol. The monoisotopic (exact) mass is 325 g/mol. The summed E-state index contributed by atoms with van der Waals surface area (Å²) in [4.78, 5) is 23.9. The average Bonchev–Trinajstić information content (AvgIpc) is 3.03. The molecule has 1 fully saturated rings. The van der Waals surface area contributed by atoms with Gasteiger partial charge < -0.3 is 10.4 Å². The smallest absolute Gasteiger partial charge is 0.307 e. The van der Waals surface area contributed by atoms with Crippen molar-refractivity contribution in [2.24, 2.45) is 23.7 Å². The summed E-state index contributed by atoms with van der Waals surface area (Å²) in [6.07, 6.45) is 4.56. The van der Waals surface area contributed by atoms with E-state index in [1.165, 1.54) is 0 Å². The van der Waals surface area contributed by atoms with Crippen LogP contribution in [0.3, 0.4) is 0 Å². The number of carboxylic acid groups (broad SMARTS) is 1. The highest BCUT2D eigenvalue weighted by Gasteiger charge is 2.51. The Kier molecular flexibility index (Phi) is 3.68. The third-order valence-electron chi connectivity index (χ3n) is 4.23. The Morgan fingerprint density at radius 3 is 2.48 bits per heavy atom. The molecule has 2 bridgehead atoms. The van der Waals surface area contributed by atoms with E-state index < -0.39 is 17.8 Å². The number of aliphatic carboxylic acids is 1. The van der Waals surface area contributed by atoms with Gasteiger partial charge in [-0.15, -0.1) is 0 Å². The highest BCUT2D eigenvalue weighted by Crippen LogP contribution is 2.48. The standard InChI is InChI=1S/C15H13Cl2NO3/c16-9-3-4-10(17)11(6-9)18-14(19)12-7-1-2-8(5-7)13(12)15(20)21/h1-4,6-8,12-13H,5H2,(H,18,19)(H,20,21). The number of hydrogen-bond donors (Lipinski definition) is 2. The molecule has 0 radical (unpaired) electrons. The van der Waals surface area contributed by atoms with E-state index in [1.807, 2.05) is 12.2 Å². The van der Waals surface area contributed by atoms with E-state index in [0.29, 0.717) is 15.7 Å². The zero-order valence-corrected chi connectivity index (χ0v) is 12.4. The van der Waals surface area contributed by atoms with E-state index in [1.54, 1.807) is 18.2 Å². The lowest BCUT2D eigenvalue weighted by atomic mass is 9.82.